The Bertz CT molecular complexity index is 793. The van der Waals surface area contributed by atoms with Crippen LogP contribution in [0.5, 0.6) is 11.5 Å². The summed E-state index contributed by atoms with van der Waals surface area (Å²) in [5, 5.41) is 2.94. The minimum atomic E-state index is -4.64. The van der Waals surface area contributed by atoms with Gasteiger partial charge in [0.1, 0.15) is 17.7 Å². The second kappa shape index (κ2) is 6.44. The molecule has 0 saturated heterocycles. The Balaban J connectivity index is 2.22. The van der Waals surface area contributed by atoms with Crippen molar-refractivity contribution in [3.05, 3.63) is 41.7 Å². The van der Waals surface area contributed by atoms with E-state index in [0.29, 0.717) is 12.2 Å². The number of halogens is 4. The van der Waals surface area contributed by atoms with Crippen LogP contribution in [0.2, 0.25) is 0 Å². The molecule has 2 aromatic rings. The molecule has 0 amide bonds. The van der Waals surface area contributed by atoms with Gasteiger partial charge in [0.25, 0.3) is 0 Å². The van der Waals surface area contributed by atoms with Crippen molar-refractivity contribution < 1.29 is 27.0 Å². The Labute approximate surface area is 141 Å². The number of fused-ring (bicyclic) bond motifs is 1. The third-order valence-electron chi connectivity index (χ3n) is 3.94. The third-order valence-corrected chi connectivity index (χ3v) is 3.94. The van der Waals surface area contributed by atoms with Crippen molar-refractivity contribution in [3.63, 3.8) is 0 Å². The number of benzene rings is 2. The number of nitrogens with one attached hydrogen (secondary N) is 1. The lowest BCUT2D eigenvalue weighted by Crippen LogP contribution is -2.37. The quantitative estimate of drug-likeness (QED) is 0.825. The van der Waals surface area contributed by atoms with Crippen LogP contribution in [0.3, 0.4) is 0 Å². The molecule has 1 heterocycles. The van der Waals surface area contributed by atoms with Crippen LogP contribution in [0.25, 0.3) is 11.1 Å². The number of anilines is 1. The van der Waals surface area contributed by atoms with E-state index in [9.17, 15) is 17.6 Å². The van der Waals surface area contributed by atoms with E-state index in [2.05, 4.69) is 5.32 Å². The molecule has 3 N–H and O–H groups in total. The molecule has 2 aromatic carbocycles. The van der Waals surface area contributed by atoms with Gasteiger partial charge in [-0.2, -0.15) is 13.2 Å². The highest BCUT2D eigenvalue weighted by molar-refractivity contribution is 5.81. The monoisotopic (exact) mass is 356 g/mol. The number of hydrogen-bond donors (Lipinski definition) is 2. The lowest BCUT2D eigenvalue weighted by atomic mass is 9.96. The molecule has 1 aliphatic heterocycles. The van der Waals surface area contributed by atoms with E-state index in [1.54, 1.807) is 0 Å². The van der Waals surface area contributed by atoms with Gasteiger partial charge in [-0.1, -0.05) is 0 Å². The Kier molecular flexibility index (Phi) is 4.47. The fourth-order valence-corrected chi connectivity index (χ4v) is 2.74. The smallest absolute Gasteiger partial charge is 0.417 e. The summed E-state index contributed by atoms with van der Waals surface area (Å²) in [5.74, 6) is -0.459. The van der Waals surface area contributed by atoms with Gasteiger partial charge in [0.15, 0.2) is 5.75 Å². The first-order valence-corrected chi connectivity index (χ1v) is 7.53. The average molecular weight is 356 g/mol. The number of ether oxygens (including phenoxy) is 2. The first-order chi connectivity index (χ1) is 11.8. The Morgan fingerprint density at radius 3 is 2.64 bits per heavy atom. The maximum absolute atomic E-state index is 14.0. The summed E-state index contributed by atoms with van der Waals surface area (Å²) in [5.41, 5.74) is 4.76. The van der Waals surface area contributed by atoms with Crippen molar-refractivity contribution in [3.8, 4) is 22.6 Å². The highest BCUT2D eigenvalue weighted by Gasteiger charge is 2.36. The second-order valence-electron chi connectivity index (χ2n) is 5.60. The summed E-state index contributed by atoms with van der Waals surface area (Å²) in [7, 11) is 1.28. The van der Waals surface area contributed by atoms with Gasteiger partial charge < -0.3 is 20.5 Å². The maximum Gasteiger partial charge on any atom is 0.417 e. The van der Waals surface area contributed by atoms with Crippen molar-refractivity contribution in [2.75, 3.05) is 25.5 Å². The predicted octanol–water partition coefficient (Wildman–Crippen LogP) is 3.65. The molecule has 0 fully saturated rings. The van der Waals surface area contributed by atoms with Crippen LogP contribution >= 0.6 is 0 Å². The Hall–Kier alpha value is -2.48. The number of hydrogen-bond acceptors (Lipinski definition) is 4. The highest BCUT2D eigenvalue weighted by Crippen LogP contribution is 2.45. The van der Waals surface area contributed by atoms with Crippen LogP contribution in [0, 0.1) is 5.82 Å². The van der Waals surface area contributed by atoms with Crippen molar-refractivity contribution in [1.29, 1.82) is 0 Å². The molecular formula is C17H16F4N2O2. The molecule has 0 bridgehead atoms. The van der Waals surface area contributed by atoms with Crippen LogP contribution in [0.15, 0.2) is 30.3 Å². The van der Waals surface area contributed by atoms with Crippen molar-refractivity contribution in [2.24, 2.45) is 5.73 Å². The van der Waals surface area contributed by atoms with Crippen LogP contribution in [0.1, 0.15) is 5.56 Å². The van der Waals surface area contributed by atoms with Gasteiger partial charge in [0.2, 0.25) is 0 Å². The SMILES string of the molecule is COc1ccc(-c2cc(F)cc3c2O[C@@H](CN)CN3)c(C(F)(F)F)c1. The number of methoxy groups -OCH3 is 1. The molecule has 0 aromatic heterocycles. The first-order valence-electron chi connectivity index (χ1n) is 7.53. The molecule has 1 atom stereocenters. The minimum absolute atomic E-state index is 0.00984. The number of rotatable bonds is 3. The van der Waals surface area contributed by atoms with Crippen LogP contribution in [0.4, 0.5) is 23.2 Å². The molecule has 0 unspecified atom stereocenters. The van der Waals surface area contributed by atoms with Gasteiger partial charge in [-0.25, -0.2) is 4.39 Å². The number of alkyl halides is 3. The molecule has 25 heavy (non-hydrogen) atoms. The minimum Gasteiger partial charge on any atom is -0.497 e. The van der Waals surface area contributed by atoms with Gasteiger partial charge in [0, 0.05) is 18.2 Å². The van der Waals surface area contributed by atoms with Gasteiger partial charge >= 0.3 is 6.18 Å². The summed E-state index contributed by atoms with van der Waals surface area (Å²) in [4.78, 5) is 0. The van der Waals surface area contributed by atoms with E-state index in [1.807, 2.05) is 0 Å². The Morgan fingerprint density at radius 2 is 2.00 bits per heavy atom. The lowest BCUT2D eigenvalue weighted by molar-refractivity contribution is -0.137. The van der Waals surface area contributed by atoms with Crippen LogP contribution in [-0.2, 0) is 6.18 Å². The van der Waals surface area contributed by atoms with E-state index >= 15 is 0 Å². The van der Waals surface area contributed by atoms with Crippen LogP contribution < -0.4 is 20.5 Å². The molecule has 0 saturated carbocycles. The van der Waals surface area contributed by atoms with E-state index < -0.39 is 23.7 Å². The molecule has 0 radical (unpaired) electrons. The molecule has 0 aliphatic carbocycles. The number of nitrogens with two attached hydrogens (primary N) is 1. The topological polar surface area (TPSA) is 56.5 Å². The molecular weight excluding hydrogens is 340 g/mol. The zero-order valence-electron chi connectivity index (χ0n) is 13.3. The van der Waals surface area contributed by atoms with E-state index in [4.69, 9.17) is 15.2 Å². The van der Waals surface area contributed by atoms with Crippen molar-refractivity contribution in [1.82, 2.24) is 0 Å². The predicted molar refractivity (Wildman–Crippen MR) is 85.4 cm³/mol. The molecule has 4 nitrogen and oxygen atoms in total. The van der Waals surface area contributed by atoms with Crippen LogP contribution in [-0.4, -0.2) is 26.3 Å². The van der Waals surface area contributed by atoms with Crippen molar-refractivity contribution in [2.45, 2.75) is 12.3 Å². The van der Waals surface area contributed by atoms with E-state index in [0.717, 1.165) is 12.1 Å². The fourth-order valence-electron chi connectivity index (χ4n) is 2.74. The standard InChI is InChI=1S/C17H16F4N2O2/c1-24-10-2-3-12(14(6-10)17(19,20)21)13-4-9(18)5-15-16(13)25-11(7-22)8-23-15/h2-6,11,23H,7-8,22H2,1H3/t11-/m0/s1. The van der Waals surface area contributed by atoms with E-state index in [-0.39, 0.29) is 29.2 Å². The fraction of sp³-hybridized carbons (Fsp3) is 0.294. The van der Waals surface area contributed by atoms with Gasteiger partial charge in [-0.05, 0) is 29.8 Å². The largest absolute Gasteiger partial charge is 0.497 e. The van der Waals surface area contributed by atoms with Gasteiger partial charge in [-0.3, -0.25) is 0 Å². The first kappa shape index (κ1) is 17.3. The second-order valence-corrected chi connectivity index (χ2v) is 5.60. The third kappa shape index (κ3) is 3.34. The summed E-state index contributed by atoms with van der Waals surface area (Å²) < 4.78 is 65.0. The molecule has 3 rings (SSSR count). The van der Waals surface area contributed by atoms with Gasteiger partial charge in [0.05, 0.1) is 24.9 Å². The molecule has 1 aliphatic rings. The summed E-state index contributed by atoms with van der Waals surface area (Å²) in [6.45, 7) is 0.527. The zero-order valence-corrected chi connectivity index (χ0v) is 13.3. The average Bonchev–Trinajstić information content (AvgIpc) is 2.59. The summed E-state index contributed by atoms with van der Waals surface area (Å²) >= 11 is 0. The summed E-state index contributed by atoms with van der Waals surface area (Å²) in [6.07, 6.45) is -5.05. The molecule has 0 spiro atoms. The Morgan fingerprint density at radius 1 is 1.24 bits per heavy atom. The van der Waals surface area contributed by atoms with Crippen molar-refractivity contribution >= 4 is 5.69 Å². The maximum atomic E-state index is 14.0. The normalized spacial score (nSPS) is 16.6. The van der Waals surface area contributed by atoms with Gasteiger partial charge in [-0.15, -0.1) is 0 Å². The zero-order chi connectivity index (χ0) is 18.2. The lowest BCUT2D eigenvalue weighted by Gasteiger charge is -2.29. The summed E-state index contributed by atoms with van der Waals surface area (Å²) in [6, 6.07) is 5.72. The highest BCUT2D eigenvalue weighted by atomic mass is 19.4. The molecule has 134 valence electrons. The molecule has 8 heteroatoms. The van der Waals surface area contributed by atoms with E-state index in [1.165, 1.54) is 25.3 Å².